The Hall–Kier alpha value is -2.34. The lowest BCUT2D eigenvalue weighted by atomic mass is 10.0. The first-order chi connectivity index (χ1) is 14.0. The van der Waals surface area contributed by atoms with E-state index in [0.29, 0.717) is 30.9 Å². The normalized spacial score (nSPS) is 10.8. The number of benzene rings is 3. The second-order valence-corrected chi connectivity index (χ2v) is 8.40. The first-order valence-corrected chi connectivity index (χ1v) is 10.8. The van der Waals surface area contributed by atoms with Crippen molar-refractivity contribution in [2.75, 3.05) is 0 Å². The molecule has 0 aliphatic rings. The summed E-state index contributed by atoms with van der Waals surface area (Å²) in [6, 6.07) is 23.7. The van der Waals surface area contributed by atoms with Gasteiger partial charge in [-0.1, -0.05) is 74.5 Å². The molecule has 29 heavy (non-hydrogen) atoms. The minimum absolute atomic E-state index is 0.0931. The summed E-state index contributed by atoms with van der Waals surface area (Å²) in [6.07, 6.45) is 0.488. The van der Waals surface area contributed by atoms with Crippen molar-refractivity contribution in [3.05, 3.63) is 93.1 Å². The molecule has 150 valence electrons. The minimum atomic E-state index is 0.0931. The van der Waals surface area contributed by atoms with Crippen LogP contribution in [0.25, 0.3) is 0 Å². The third kappa shape index (κ3) is 6.07. The zero-order chi connectivity index (χ0) is 20.6. The van der Waals surface area contributed by atoms with E-state index in [4.69, 9.17) is 9.47 Å². The topological polar surface area (TPSA) is 35.5 Å². The highest BCUT2D eigenvalue weighted by Gasteiger charge is 2.20. The number of ether oxygens (including phenoxy) is 2. The molecule has 3 nitrogen and oxygen atoms in total. The van der Waals surface area contributed by atoms with Crippen LogP contribution in [0.15, 0.2) is 72.8 Å². The maximum absolute atomic E-state index is 12.8. The lowest BCUT2D eigenvalue weighted by molar-refractivity contribution is 0.0963. The Labute approximate surface area is 186 Å². The Kier molecular flexibility index (Phi) is 7.69. The fraction of sp³-hybridized carbons (Fsp3) is 0.240. The molecular formula is C25H25IO3. The number of hydrogen-bond donors (Lipinski definition) is 0. The number of carbonyl (C=O) groups excluding carboxylic acids is 1. The summed E-state index contributed by atoms with van der Waals surface area (Å²) < 4.78 is 13.0. The van der Waals surface area contributed by atoms with Crippen molar-refractivity contribution in [2.45, 2.75) is 33.5 Å². The van der Waals surface area contributed by atoms with E-state index in [1.807, 2.05) is 86.6 Å². The van der Waals surface area contributed by atoms with Gasteiger partial charge in [0.25, 0.3) is 0 Å². The molecule has 0 unspecified atom stereocenters. The molecule has 0 saturated heterocycles. The maximum atomic E-state index is 12.8. The summed E-state index contributed by atoms with van der Waals surface area (Å²) in [5, 5.41) is 0. The number of rotatable bonds is 9. The molecule has 0 saturated carbocycles. The van der Waals surface area contributed by atoms with Crippen LogP contribution in [0.4, 0.5) is 0 Å². The Morgan fingerprint density at radius 1 is 0.828 bits per heavy atom. The highest BCUT2D eigenvalue weighted by Crippen LogP contribution is 2.36. The molecule has 0 N–H and O–H groups in total. The van der Waals surface area contributed by atoms with Crippen LogP contribution in [0.5, 0.6) is 11.5 Å². The molecule has 0 radical (unpaired) electrons. The predicted octanol–water partition coefficient (Wildman–Crippen LogP) is 6.68. The van der Waals surface area contributed by atoms with Gasteiger partial charge < -0.3 is 9.47 Å². The number of Topliss-reactive ketones (excluding diaryl/α,β-unsaturated/α-hetero) is 1. The monoisotopic (exact) mass is 500 g/mol. The lowest BCUT2D eigenvalue weighted by Crippen LogP contribution is -2.09. The molecule has 3 aromatic rings. The van der Waals surface area contributed by atoms with Gasteiger partial charge in [-0.15, -0.1) is 0 Å². The maximum Gasteiger partial charge on any atom is 0.166 e. The van der Waals surface area contributed by atoms with Gasteiger partial charge >= 0.3 is 0 Å². The van der Waals surface area contributed by atoms with E-state index < -0.39 is 0 Å². The number of halogens is 1. The highest BCUT2D eigenvalue weighted by atomic mass is 127. The largest absolute Gasteiger partial charge is 0.488 e. The molecule has 0 aromatic heterocycles. The standard InChI is InChI=1S/C25H25IO3/c1-18(2)15-22(27)21-13-14-23(28-16-19-9-5-3-6-10-19)24(26)25(21)29-17-20-11-7-4-8-12-20/h3-14,18H,15-17H2,1-2H3. The zero-order valence-electron chi connectivity index (χ0n) is 16.7. The van der Waals surface area contributed by atoms with E-state index >= 15 is 0 Å². The third-order valence-corrected chi connectivity index (χ3v) is 5.44. The minimum Gasteiger partial charge on any atom is -0.488 e. The summed E-state index contributed by atoms with van der Waals surface area (Å²) in [4.78, 5) is 12.8. The summed E-state index contributed by atoms with van der Waals surface area (Å²) in [5.74, 6) is 1.70. The van der Waals surface area contributed by atoms with Gasteiger partial charge in [-0.05, 0) is 51.8 Å². The molecule has 4 heteroatoms. The second kappa shape index (κ2) is 10.4. The second-order valence-electron chi connectivity index (χ2n) is 7.32. The van der Waals surface area contributed by atoms with Gasteiger partial charge in [0.1, 0.15) is 24.7 Å². The Morgan fingerprint density at radius 3 is 1.93 bits per heavy atom. The van der Waals surface area contributed by atoms with Gasteiger partial charge in [0.2, 0.25) is 0 Å². The number of hydrogen-bond acceptors (Lipinski definition) is 3. The van der Waals surface area contributed by atoms with Crippen molar-refractivity contribution in [3.8, 4) is 11.5 Å². The molecule has 0 spiro atoms. The molecular weight excluding hydrogens is 475 g/mol. The van der Waals surface area contributed by atoms with Gasteiger partial charge in [0.05, 0.1) is 9.13 Å². The number of carbonyl (C=O) groups is 1. The Balaban J connectivity index is 1.85. The van der Waals surface area contributed by atoms with E-state index in [0.717, 1.165) is 20.4 Å². The predicted molar refractivity (Wildman–Crippen MR) is 124 cm³/mol. The van der Waals surface area contributed by atoms with Crippen molar-refractivity contribution in [2.24, 2.45) is 5.92 Å². The first-order valence-electron chi connectivity index (χ1n) is 9.73. The van der Waals surface area contributed by atoms with Crippen LogP contribution in [-0.4, -0.2) is 5.78 Å². The highest BCUT2D eigenvalue weighted by molar-refractivity contribution is 14.1. The van der Waals surface area contributed by atoms with Crippen LogP contribution in [0.2, 0.25) is 0 Å². The van der Waals surface area contributed by atoms with Crippen LogP contribution in [0, 0.1) is 9.49 Å². The van der Waals surface area contributed by atoms with Crippen molar-refractivity contribution in [1.82, 2.24) is 0 Å². The van der Waals surface area contributed by atoms with Crippen LogP contribution in [0.3, 0.4) is 0 Å². The molecule has 3 aromatic carbocycles. The summed E-state index contributed by atoms with van der Waals surface area (Å²) in [5.41, 5.74) is 2.77. The fourth-order valence-electron chi connectivity index (χ4n) is 2.96. The van der Waals surface area contributed by atoms with Gasteiger partial charge in [-0.25, -0.2) is 0 Å². The molecule has 0 aliphatic carbocycles. The van der Waals surface area contributed by atoms with Crippen molar-refractivity contribution in [1.29, 1.82) is 0 Å². The van der Waals surface area contributed by atoms with Crippen LogP contribution >= 0.6 is 22.6 Å². The van der Waals surface area contributed by atoms with Crippen molar-refractivity contribution in [3.63, 3.8) is 0 Å². The molecule has 0 amide bonds. The Morgan fingerprint density at radius 2 is 1.38 bits per heavy atom. The SMILES string of the molecule is CC(C)CC(=O)c1ccc(OCc2ccccc2)c(I)c1OCc1ccccc1. The van der Waals surface area contributed by atoms with Crippen molar-refractivity contribution < 1.29 is 14.3 Å². The van der Waals surface area contributed by atoms with Gasteiger partial charge in [0, 0.05) is 6.42 Å². The van der Waals surface area contributed by atoms with Gasteiger partial charge in [0.15, 0.2) is 5.78 Å². The molecule has 0 fully saturated rings. The Bertz CT molecular complexity index is 937. The summed E-state index contributed by atoms with van der Waals surface area (Å²) >= 11 is 2.22. The van der Waals surface area contributed by atoms with E-state index in [1.54, 1.807) is 0 Å². The average Bonchev–Trinajstić information content (AvgIpc) is 2.72. The van der Waals surface area contributed by atoms with E-state index in [2.05, 4.69) is 22.6 Å². The molecule has 3 rings (SSSR count). The van der Waals surface area contributed by atoms with Crippen LogP contribution in [-0.2, 0) is 13.2 Å². The number of ketones is 1. The molecule has 0 atom stereocenters. The van der Waals surface area contributed by atoms with E-state index in [-0.39, 0.29) is 11.7 Å². The zero-order valence-corrected chi connectivity index (χ0v) is 18.9. The summed E-state index contributed by atoms with van der Waals surface area (Å²) in [6.45, 7) is 4.96. The third-order valence-electron chi connectivity index (χ3n) is 4.42. The van der Waals surface area contributed by atoms with Crippen molar-refractivity contribution >= 4 is 28.4 Å². The molecule has 0 heterocycles. The smallest absolute Gasteiger partial charge is 0.166 e. The van der Waals surface area contributed by atoms with Gasteiger partial charge in [-0.2, -0.15) is 0 Å². The van der Waals surface area contributed by atoms with E-state index in [9.17, 15) is 4.79 Å². The fourth-order valence-corrected chi connectivity index (χ4v) is 3.74. The lowest BCUT2D eigenvalue weighted by Gasteiger charge is -2.17. The molecule has 0 bridgehead atoms. The average molecular weight is 500 g/mol. The first kappa shape index (κ1) is 21.4. The van der Waals surface area contributed by atoms with Crippen LogP contribution < -0.4 is 9.47 Å². The summed E-state index contributed by atoms with van der Waals surface area (Å²) in [7, 11) is 0. The van der Waals surface area contributed by atoms with Crippen LogP contribution in [0.1, 0.15) is 41.8 Å². The van der Waals surface area contributed by atoms with E-state index in [1.165, 1.54) is 0 Å². The quantitative estimate of drug-likeness (QED) is 0.243. The van der Waals surface area contributed by atoms with Gasteiger partial charge in [-0.3, -0.25) is 4.79 Å². The molecule has 0 aliphatic heterocycles.